The zero-order chi connectivity index (χ0) is 18.5. The van der Waals surface area contributed by atoms with Crippen molar-refractivity contribution in [2.75, 3.05) is 43.9 Å². The van der Waals surface area contributed by atoms with Crippen LogP contribution in [0.25, 0.3) is 32.8 Å². The van der Waals surface area contributed by atoms with E-state index in [1.54, 1.807) is 0 Å². The molecule has 5 rings (SSSR count). The molecule has 9 heteroatoms. The number of imidazole rings is 1. The van der Waals surface area contributed by atoms with E-state index in [0.29, 0.717) is 22.7 Å². The van der Waals surface area contributed by atoms with E-state index in [-0.39, 0.29) is 5.56 Å². The van der Waals surface area contributed by atoms with Gasteiger partial charge in [0.25, 0.3) is 5.56 Å². The highest BCUT2D eigenvalue weighted by Gasteiger charge is 2.19. The first kappa shape index (κ1) is 16.3. The van der Waals surface area contributed by atoms with E-state index in [0.717, 1.165) is 47.6 Å². The Morgan fingerprint density at radius 1 is 1.19 bits per heavy atom. The van der Waals surface area contributed by atoms with Crippen LogP contribution in [-0.2, 0) is 0 Å². The largest absolute Gasteiger partial charge is 0.397 e. The Balaban J connectivity index is 1.58. The van der Waals surface area contributed by atoms with Crippen molar-refractivity contribution in [1.29, 1.82) is 0 Å². The van der Waals surface area contributed by atoms with Crippen LogP contribution >= 0.6 is 11.3 Å². The molecule has 0 aromatic carbocycles. The fourth-order valence-electron chi connectivity index (χ4n) is 3.52. The summed E-state index contributed by atoms with van der Waals surface area (Å²) in [6.07, 6.45) is 1.84. The standard InChI is InChI=1S/C18H19N7OS/c1-24-3-5-25(6-4-24)10-8-12-16(20-9-10)23-17(21-12)13-14(19)15-11(2-7-27-15)22-18(13)26/h2,7-9H,3-6H2,1H3,(H3,19,22,26)(H,20,21,23). The maximum atomic E-state index is 12.6. The Labute approximate surface area is 158 Å². The summed E-state index contributed by atoms with van der Waals surface area (Å²) < 4.78 is 0.858. The van der Waals surface area contributed by atoms with Crippen LogP contribution in [0.3, 0.4) is 0 Å². The Morgan fingerprint density at radius 3 is 2.81 bits per heavy atom. The lowest BCUT2D eigenvalue weighted by atomic mass is 10.2. The van der Waals surface area contributed by atoms with Gasteiger partial charge in [-0.2, -0.15) is 0 Å². The van der Waals surface area contributed by atoms with Crippen molar-refractivity contribution in [3.05, 3.63) is 34.1 Å². The third-order valence-corrected chi connectivity index (χ3v) is 6.03. The number of piperazine rings is 1. The van der Waals surface area contributed by atoms with Gasteiger partial charge in [-0.05, 0) is 24.6 Å². The minimum absolute atomic E-state index is 0.253. The number of thiophene rings is 1. The molecule has 8 nitrogen and oxygen atoms in total. The quantitative estimate of drug-likeness (QED) is 0.489. The summed E-state index contributed by atoms with van der Waals surface area (Å²) in [5.41, 5.74) is 10.0. The molecule has 0 radical (unpaired) electrons. The molecule has 27 heavy (non-hydrogen) atoms. The highest BCUT2D eigenvalue weighted by atomic mass is 32.1. The van der Waals surface area contributed by atoms with Gasteiger partial charge in [-0.3, -0.25) is 4.79 Å². The number of hydrogen-bond acceptors (Lipinski definition) is 7. The van der Waals surface area contributed by atoms with Gasteiger partial charge in [0, 0.05) is 26.2 Å². The number of likely N-dealkylation sites (N-methyl/N-ethyl adjacent to an activating group) is 1. The first-order chi connectivity index (χ1) is 13.1. The Bertz CT molecular complexity index is 1200. The molecule has 138 valence electrons. The number of rotatable bonds is 2. The van der Waals surface area contributed by atoms with Gasteiger partial charge in [0.2, 0.25) is 0 Å². The van der Waals surface area contributed by atoms with Crippen molar-refractivity contribution in [2.24, 2.45) is 0 Å². The molecule has 1 aliphatic heterocycles. The molecule has 4 N–H and O–H groups in total. The second-order valence-electron chi connectivity index (χ2n) is 6.85. The number of pyridine rings is 2. The van der Waals surface area contributed by atoms with E-state index in [1.165, 1.54) is 11.3 Å². The monoisotopic (exact) mass is 381 g/mol. The van der Waals surface area contributed by atoms with Crippen LogP contribution in [0.4, 0.5) is 11.4 Å². The van der Waals surface area contributed by atoms with Gasteiger partial charge in [0.05, 0.1) is 33.3 Å². The molecule has 5 heterocycles. The van der Waals surface area contributed by atoms with Gasteiger partial charge < -0.3 is 25.5 Å². The van der Waals surface area contributed by atoms with Crippen molar-refractivity contribution in [2.45, 2.75) is 0 Å². The summed E-state index contributed by atoms with van der Waals surface area (Å²) in [4.78, 5) is 32.3. The van der Waals surface area contributed by atoms with Gasteiger partial charge in [-0.15, -0.1) is 11.3 Å². The summed E-state index contributed by atoms with van der Waals surface area (Å²) in [5, 5.41) is 1.91. The van der Waals surface area contributed by atoms with Crippen LogP contribution in [0.15, 0.2) is 28.5 Å². The van der Waals surface area contributed by atoms with E-state index in [9.17, 15) is 4.79 Å². The first-order valence-electron chi connectivity index (χ1n) is 8.79. The fraction of sp³-hybridized carbons (Fsp3) is 0.278. The van der Waals surface area contributed by atoms with Gasteiger partial charge >= 0.3 is 0 Å². The molecule has 0 saturated carbocycles. The molecule has 1 saturated heterocycles. The van der Waals surface area contributed by atoms with Crippen LogP contribution in [-0.4, -0.2) is 58.1 Å². The number of H-pyrrole nitrogens is 2. The summed E-state index contributed by atoms with van der Waals surface area (Å²) in [5.74, 6) is 0.446. The molecule has 0 bridgehead atoms. The third-order valence-electron chi connectivity index (χ3n) is 5.08. The predicted octanol–water partition coefficient (Wildman–Crippen LogP) is 1.86. The van der Waals surface area contributed by atoms with E-state index >= 15 is 0 Å². The number of anilines is 2. The Hall–Kier alpha value is -2.91. The number of nitrogen functional groups attached to an aromatic ring is 1. The Morgan fingerprint density at radius 2 is 2.00 bits per heavy atom. The lowest BCUT2D eigenvalue weighted by Gasteiger charge is -2.33. The normalized spacial score (nSPS) is 15.8. The van der Waals surface area contributed by atoms with Gasteiger partial charge in [-0.1, -0.05) is 0 Å². The van der Waals surface area contributed by atoms with Crippen molar-refractivity contribution in [1.82, 2.24) is 24.8 Å². The summed E-state index contributed by atoms with van der Waals surface area (Å²) in [6, 6.07) is 3.89. The lowest BCUT2D eigenvalue weighted by Crippen LogP contribution is -2.44. The highest BCUT2D eigenvalue weighted by Crippen LogP contribution is 2.31. The molecule has 0 atom stereocenters. The maximum Gasteiger partial charge on any atom is 0.261 e. The SMILES string of the molecule is CN1CCN(c2cnc3nc(-c4c(N)c5sccc5[nH]c4=O)[nH]c3c2)CC1. The predicted molar refractivity (Wildman–Crippen MR) is 109 cm³/mol. The molecule has 1 aliphatic rings. The smallest absolute Gasteiger partial charge is 0.261 e. The average Bonchev–Trinajstić information content (AvgIpc) is 3.28. The first-order valence-corrected chi connectivity index (χ1v) is 9.67. The average molecular weight is 381 g/mol. The van der Waals surface area contributed by atoms with Gasteiger partial charge in [0.1, 0.15) is 11.4 Å². The molecule has 1 fully saturated rings. The van der Waals surface area contributed by atoms with E-state index < -0.39 is 0 Å². The number of aromatic nitrogens is 4. The number of aromatic amines is 2. The number of nitrogens with one attached hydrogen (secondary N) is 2. The van der Waals surface area contributed by atoms with Crippen molar-refractivity contribution in [3.63, 3.8) is 0 Å². The molecule has 4 aromatic heterocycles. The van der Waals surface area contributed by atoms with Crippen molar-refractivity contribution < 1.29 is 0 Å². The topological polar surface area (TPSA) is 107 Å². The van der Waals surface area contributed by atoms with Crippen LogP contribution in [0.1, 0.15) is 0 Å². The Kier molecular flexibility index (Phi) is 3.66. The van der Waals surface area contributed by atoms with Crippen LogP contribution < -0.4 is 16.2 Å². The number of fused-ring (bicyclic) bond motifs is 2. The molecule has 0 aliphatic carbocycles. The maximum absolute atomic E-state index is 12.6. The highest BCUT2D eigenvalue weighted by molar-refractivity contribution is 7.17. The second-order valence-corrected chi connectivity index (χ2v) is 7.76. The summed E-state index contributed by atoms with van der Waals surface area (Å²) in [7, 11) is 2.13. The van der Waals surface area contributed by atoms with Crippen LogP contribution in [0, 0.1) is 0 Å². The molecule has 4 aromatic rings. The van der Waals surface area contributed by atoms with E-state index in [4.69, 9.17) is 5.73 Å². The molecular weight excluding hydrogens is 362 g/mol. The molecule has 0 amide bonds. The zero-order valence-corrected chi connectivity index (χ0v) is 15.6. The van der Waals surface area contributed by atoms with Crippen molar-refractivity contribution in [3.8, 4) is 11.4 Å². The number of hydrogen-bond donors (Lipinski definition) is 3. The zero-order valence-electron chi connectivity index (χ0n) is 14.8. The molecule has 0 unspecified atom stereocenters. The fourth-order valence-corrected chi connectivity index (χ4v) is 4.33. The third kappa shape index (κ3) is 2.66. The molecule has 0 spiro atoms. The van der Waals surface area contributed by atoms with Crippen LogP contribution in [0.2, 0.25) is 0 Å². The second kappa shape index (κ2) is 6.07. The number of nitrogens with zero attached hydrogens (tertiary/aromatic N) is 4. The van der Waals surface area contributed by atoms with Crippen molar-refractivity contribution >= 4 is 44.1 Å². The number of nitrogens with two attached hydrogens (primary N) is 1. The van der Waals surface area contributed by atoms with E-state index in [2.05, 4.69) is 36.8 Å². The minimum Gasteiger partial charge on any atom is -0.397 e. The van der Waals surface area contributed by atoms with Gasteiger partial charge in [-0.25, -0.2) is 9.97 Å². The van der Waals surface area contributed by atoms with Crippen LogP contribution in [0.5, 0.6) is 0 Å². The lowest BCUT2D eigenvalue weighted by molar-refractivity contribution is 0.313. The van der Waals surface area contributed by atoms with Gasteiger partial charge in [0.15, 0.2) is 5.65 Å². The minimum atomic E-state index is -0.253. The van der Waals surface area contributed by atoms with E-state index in [1.807, 2.05) is 23.7 Å². The molecular formula is C18H19N7OS. The summed E-state index contributed by atoms with van der Waals surface area (Å²) >= 11 is 1.50. The summed E-state index contributed by atoms with van der Waals surface area (Å²) in [6.45, 7) is 3.98.